The van der Waals surface area contributed by atoms with Gasteiger partial charge >= 0.3 is 0 Å². The molecule has 1 aliphatic rings. The standard InChI is InChI=1S/C13H21N3O3/c14-13(18)8-16-5-3-10(4-6-16)15-7-11-1-2-12(9-17)19-11/h1-2,10,15,17H,3-9H2,(H2,14,18). The fourth-order valence-electron chi connectivity index (χ4n) is 2.36. The van der Waals surface area contributed by atoms with E-state index in [2.05, 4.69) is 10.2 Å². The second-order valence-electron chi connectivity index (χ2n) is 4.92. The topological polar surface area (TPSA) is 91.7 Å². The molecule has 1 aromatic heterocycles. The van der Waals surface area contributed by atoms with Crippen LogP contribution in [0.2, 0.25) is 0 Å². The van der Waals surface area contributed by atoms with Gasteiger partial charge in [-0.2, -0.15) is 0 Å². The van der Waals surface area contributed by atoms with Gasteiger partial charge in [-0.3, -0.25) is 9.69 Å². The normalized spacial score (nSPS) is 17.7. The lowest BCUT2D eigenvalue weighted by Gasteiger charge is -2.31. The maximum atomic E-state index is 10.8. The van der Waals surface area contributed by atoms with Crippen LogP contribution in [0.15, 0.2) is 16.5 Å². The molecule has 1 aromatic rings. The van der Waals surface area contributed by atoms with Crippen molar-refractivity contribution in [1.29, 1.82) is 0 Å². The lowest BCUT2D eigenvalue weighted by molar-refractivity contribution is -0.119. The highest BCUT2D eigenvalue weighted by Crippen LogP contribution is 2.12. The Morgan fingerprint density at radius 2 is 2.11 bits per heavy atom. The molecular formula is C13H21N3O3. The number of carbonyl (C=O) groups is 1. The predicted molar refractivity (Wildman–Crippen MR) is 70.1 cm³/mol. The molecule has 0 bridgehead atoms. The summed E-state index contributed by atoms with van der Waals surface area (Å²) in [5.41, 5.74) is 5.18. The molecule has 6 heteroatoms. The number of hydrogen-bond donors (Lipinski definition) is 3. The molecule has 19 heavy (non-hydrogen) atoms. The summed E-state index contributed by atoms with van der Waals surface area (Å²) in [7, 11) is 0. The van der Waals surface area contributed by atoms with E-state index in [0.29, 0.717) is 24.9 Å². The average Bonchev–Trinajstić information content (AvgIpc) is 2.85. The van der Waals surface area contributed by atoms with Crippen LogP contribution in [0.5, 0.6) is 0 Å². The maximum absolute atomic E-state index is 10.8. The molecule has 6 nitrogen and oxygen atoms in total. The van der Waals surface area contributed by atoms with Gasteiger partial charge in [0.25, 0.3) is 0 Å². The predicted octanol–water partition coefficient (Wildman–Crippen LogP) is -0.189. The van der Waals surface area contributed by atoms with Crippen LogP contribution in [0.4, 0.5) is 0 Å². The Morgan fingerprint density at radius 1 is 1.42 bits per heavy atom. The summed E-state index contributed by atoms with van der Waals surface area (Å²) < 4.78 is 5.41. The third kappa shape index (κ3) is 4.34. The highest BCUT2D eigenvalue weighted by molar-refractivity contribution is 5.75. The number of amides is 1. The number of nitrogens with two attached hydrogens (primary N) is 1. The van der Waals surface area contributed by atoms with Gasteiger partial charge in [0.2, 0.25) is 5.91 Å². The number of hydrogen-bond acceptors (Lipinski definition) is 5. The van der Waals surface area contributed by atoms with Crippen LogP contribution in [0, 0.1) is 0 Å². The molecule has 1 aliphatic heterocycles. The Morgan fingerprint density at radius 3 is 2.68 bits per heavy atom. The Balaban J connectivity index is 1.69. The Hall–Kier alpha value is -1.37. The van der Waals surface area contributed by atoms with Crippen molar-refractivity contribution in [2.75, 3.05) is 19.6 Å². The van der Waals surface area contributed by atoms with Crippen LogP contribution < -0.4 is 11.1 Å². The number of carbonyl (C=O) groups excluding carboxylic acids is 1. The second-order valence-corrected chi connectivity index (χ2v) is 4.92. The number of primary amides is 1. The number of aliphatic hydroxyl groups excluding tert-OH is 1. The van der Waals surface area contributed by atoms with E-state index in [1.54, 1.807) is 6.07 Å². The molecule has 0 aliphatic carbocycles. The molecule has 0 unspecified atom stereocenters. The molecule has 0 saturated carbocycles. The lowest BCUT2D eigenvalue weighted by Crippen LogP contribution is -2.45. The number of nitrogens with zero attached hydrogens (tertiary/aromatic N) is 1. The van der Waals surface area contributed by atoms with E-state index in [4.69, 9.17) is 15.3 Å². The average molecular weight is 267 g/mol. The zero-order valence-electron chi connectivity index (χ0n) is 11.0. The fourth-order valence-corrected chi connectivity index (χ4v) is 2.36. The number of furan rings is 1. The fraction of sp³-hybridized carbons (Fsp3) is 0.615. The summed E-state index contributed by atoms with van der Waals surface area (Å²) in [6.07, 6.45) is 2.00. The molecule has 2 rings (SSSR count). The van der Waals surface area contributed by atoms with Gasteiger partial charge in [0.1, 0.15) is 18.1 Å². The van der Waals surface area contributed by atoms with Crippen molar-refractivity contribution in [1.82, 2.24) is 10.2 Å². The van der Waals surface area contributed by atoms with Crippen molar-refractivity contribution in [2.45, 2.75) is 32.0 Å². The first kappa shape index (κ1) is 14.0. The van der Waals surface area contributed by atoms with Crippen molar-refractivity contribution in [3.05, 3.63) is 23.7 Å². The lowest BCUT2D eigenvalue weighted by atomic mass is 10.1. The summed E-state index contributed by atoms with van der Waals surface area (Å²) in [6.45, 7) is 2.73. The summed E-state index contributed by atoms with van der Waals surface area (Å²) >= 11 is 0. The summed E-state index contributed by atoms with van der Waals surface area (Å²) in [6, 6.07) is 4.10. The van der Waals surface area contributed by atoms with E-state index in [9.17, 15) is 4.79 Å². The third-order valence-electron chi connectivity index (χ3n) is 3.41. The van der Waals surface area contributed by atoms with Crippen LogP contribution in [0.1, 0.15) is 24.4 Å². The van der Waals surface area contributed by atoms with Gasteiger partial charge in [0.05, 0.1) is 13.1 Å². The molecule has 4 N–H and O–H groups in total. The molecule has 0 atom stereocenters. The first-order valence-corrected chi connectivity index (χ1v) is 6.60. The van der Waals surface area contributed by atoms with E-state index in [1.807, 2.05) is 6.07 Å². The smallest absolute Gasteiger partial charge is 0.231 e. The largest absolute Gasteiger partial charge is 0.462 e. The zero-order chi connectivity index (χ0) is 13.7. The highest BCUT2D eigenvalue weighted by Gasteiger charge is 2.19. The van der Waals surface area contributed by atoms with Gasteiger partial charge in [-0.1, -0.05) is 0 Å². The van der Waals surface area contributed by atoms with Crippen LogP contribution in [0.25, 0.3) is 0 Å². The maximum Gasteiger partial charge on any atom is 0.231 e. The number of likely N-dealkylation sites (tertiary alicyclic amines) is 1. The van der Waals surface area contributed by atoms with E-state index in [-0.39, 0.29) is 12.5 Å². The minimum Gasteiger partial charge on any atom is -0.462 e. The van der Waals surface area contributed by atoms with Crippen molar-refractivity contribution >= 4 is 5.91 Å². The Kier molecular flexibility index (Phi) is 4.95. The molecule has 1 amide bonds. The van der Waals surface area contributed by atoms with Crippen LogP contribution in [0.3, 0.4) is 0 Å². The van der Waals surface area contributed by atoms with Crippen molar-refractivity contribution in [2.24, 2.45) is 5.73 Å². The van der Waals surface area contributed by atoms with Gasteiger partial charge < -0.3 is 20.6 Å². The number of rotatable bonds is 6. The van der Waals surface area contributed by atoms with Gasteiger partial charge in [-0.15, -0.1) is 0 Å². The molecule has 1 saturated heterocycles. The minimum absolute atomic E-state index is 0.0640. The Labute approximate surface area is 112 Å². The molecular weight excluding hydrogens is 246 g/mol. The van der Waals surface area contributed by atoms with Gasteiger partial charge in [-0.05, 0) is 25.0 Å². The second kappa shape index (κ2) is 6.70. The monoisotopic (exact) mass is 267 g/mol. The van der Waals surface area contributed by atoms with E-state index in [1.165, 1.54) is 0 Å². The summed E-state index contributed by atoms with van der Waals surface area (Å²) in [5, 5.41) is 12.3. The molecule has 2 heterocycles. The van der Waals surface area contributed by atoms with E-state index in [0.717, 1.165) is 31.7 Å². The van der Waals surface area contributed by atoms with Crippen LogP contribution in [-0.2, 0) is 17.9 Å². The van der Waals surface area contributed by atoms with Crippen molar-refractivity contribution < 1.29 is 14.3 Å². The SMILES string of the molecule is NC(=O)CN1CCC(NCc2ccc(CO)o2)CC1. The van der Waals surface area contributed by atoms with E-state index >= 15 is 0 Å². The molecule has 0 spiro atoms. The van der Waals surface area contributed by atoms with Crippen LogP contribution >= 0.6 is 0 Å². The van der Waals surface area contributed by atoms with Gasteiger partial charge in [0, 0.05) is 19.1 Å². The number of nitrogens with one attached hydrogen (secondary N) is 1. The third-order valence-corrected chi connectivity index (χ3v) is 3.41. The number of piperidine rings is 1. The summed E-state index contributed by atoms with van der Waals surface area (Å²) in [4.78, 5) is 12.9. The minimum atomic E-state index is -0.265. The molecule has 1 fully saturated rings. The molecule has 0 radical (unpaired) electrons. The highest BCUT2D eigenvalue weighted by atomic mass is 16.4. The van der Waals surface area contributed by atoms with Gasteiger partial charge in [0.15, 0.2) is 0 Å². The first-order chi connectivity index (χ1) is 9.17. The summed E-state index contributed by atoms with van der Waals surface area (Å²) in [5.74, 6) is 1.16. The van der Waals surface area contributed by atoms with Gasteiger partial charge in [-0.25, -0.2) is 0 Å². The number of aliphatic hydroxyl groups is 1. The van der Waals surface area contributed by atoms with Crippen LogP contribution in [-0.4, -0.2) is 41.6 Å². The quantitative estimate of drug-likeness (QED) is 0.664. The molecule has 0 aromatic carbocycles. The first-order valence-electron chi connectivity index (χ1n) is 6.60. The van der Waals surface area contributed by atoms with Crippen molar-refractivity contribution in [3.8, 4) is 0 Å². The van der Waals surface area contributed by atoms with E-state index < -0.39 is 0 Å². The molecule has 106 valence electrons. The van der Waals surface area contributed by atoms with Crippen molar-refractivity contribution in [3.63, 3.8) is 0 Å². The Bertz CT molecular complexity index is 411. The zero-order valence-corrected chi connectivity index (χ0v) is 11.0.